The second kappa shape index (κ2) is 41.4. The van der Waals surface area contributed by atoms with E-state index in [1.807, 2.05) is 27.7 Å². The molecule has 12 amide bonds. The number of aliphatic imine (C=N–C) groups is 1. The van der Waals surface area contributed by atoms with Gasteiger partial charge in [0.05, 0.1) is 36.8 Å². The van der Waals surface area contributed by atoms with Crippen LogP contribution in [0.3, 0.4) is 0 Å². The molecule has 0 saturated carbocycles. The van der Waals surface area contributed by atoms with Gasteiger partial charge >= 0.3 is 11.9 Å². The lowest BCUT2D eigenvalue weighted by Crippen LogP contribution is -2.62. The number of aromatic nitrogens is 2. The molecule has 0 bridgehead atoms. The molecule has 2 aliphatic rings. The molecule has 0 radical (unpaired) electrons. The Hall–Kier alpha value is -9.05. The lowest BCUT2D eigenvalue weighted by molar-refractivity contribution is -0.142. The van der Waals surface area contributed by atoms with Crippen LogP contribution in [0.25, 0.3) is 0 Å². The van der Waals surface area contributed by atoms with Gasteiger partial charge in [-0.25, -0.2) is 4.98 Å². The van der Waals surface area contributed by atoms with Crippen LogP contribution < -0.4 is 75.7 Å². The number of benzene rings is 1. The number of amides is 12. The standard InChI is InChI=1S/C65H101N17O16S/c1-9-35(7)52(82-57(91)41(21-22-49(84)85)74-58(92)42(25-33(3)4)79-62(96)47-31-71-65(99-47)51(68)34(5)6)63(97)75-39-19-14-15-24-70-54(88)45(28-48(67)83)77-61(95)46(29-50(86)87)78-60(94)44(27-38-30-69-32-72-38)76-59(93)43(26-37-17-12-11-13-18-37)80-64(98)53(36(8)10-2)81-56(90)40(20-16-23-66)73-55(39)89/h11-13,17-18,30,32-36,39-47,51-53H,9-10,14-16,19-29,31,66,68H2,1-8H3,(H2,67,83)(H,69,72)(H,70,88)(H,73,89)(H,74,92)(H,75,97)(H,76,93)(H,77,95)(H,78,94)(H,79,96)(H,80,98)(H,81,90)(H,82,91)(H,84,85)(H,86,87)/t35-,36-,39-,40-,41+,42+,43+,44+,45+,46+,47?,51-,52+,53+/m1/s1. The summed E-state index contributed by atoms with van der Waals surface area (Å²) in [4.78, 5) is 206. The Labute approximate surface area is 579 Å². The minimum Gasteiger partial charge on any atom is -0.481 e. The fourth-order valence-corrected chi connectivity index (χ4v) is 11.8. The minimum atomic E-state index is -1.94. The van der Waals surface area contributed by atoms with Crippen LogP contribution in [0.1, 0.15) is 144 Å². The third kappa shape index (κ3) is 27.7. The van der Waals surface area contributed by atoms with Gasteiger partial charge in [0.1, 0.15) is 65.7 Å². The summed E-state index contributed by atoms with van der Waals surface area (Å²) in [6.07, 6.45) is -0.396. The summed E-state index contributed by atoms with van der Waals surface area (Å²) >= 11 is 1.19. The first-order valence-electron chi connectivity index (χ1n) is 33.6. The van der Waals surface area contributed by atoms with Crippen molar-refractivity contribution in [2.75, 3.05) is 19.6 Å². The fourth-order valence-electron chi connectivity index (χ4n) is 10.6. The summed E-state index contributed by atoms with van der Waals surface area (Å²) in [7, 11) is 0. The van der Waals surface area contributed by atoms with E-state index in [0.717, 1.165) is 0 Å². The summed E-state index contributed by atoms with van der Waals surface area (Å²) in [6.45, 7) is 14.1. The molecule has 0 spiro atoms. The lowest BCUT2D eigenvalue weighted by Gasteiger charge is -2.30. The molecule has 1 aromatic heterocycles. The van der Waals surface area contributed by atoms with Crippen LogP contribution >= 0.6 is 11.8 Å². The van der Waals surface area contributed by atoms with Crippen molar-refractivity contribution in [1.82, 2.24) is 68.5 Å². The van der Waals surface area contributed by atoms with Crippen molar-refractivity contribution in [2.45, 2.75) is 217 Å². The van der Waals surface area contributed by atoms with E-state index in [2.05, 4.69) is 73.4 Å². The summed E-state index contributed by atoms with van der Waals surface area (Å²) in [6, 6.07) is -7.46. The number of nitrogens with zero attached hydrogens (tertiary/aromatic N) is 2. The van der Waals surface area contributed by atoms with E-state index >= 15 is 0 Å². The average molecular weight is 1410 g/mol. The molecule has 1 fully saturated rings. The molecule has 4 rings (SSSR count). The van der Waals surface area contributed by atoms with Crippen molar-refractivity contribution in [3.8, 4) is 0 Å². The van der Waals surface area contributed by atoms with Crippen molar-refractivity contribution in [3.63, 3.8) is 0 Å². The number of aliphatic carboxylic acids is 2. The number of nitrogens with two attached hydrogens (primary N) is 3. The number of thioether (sulfide) groups is 1. The zero-order valence-electron chi connectivity index (χ0n) is 57.4. The van der Waals surface area contributed by atoms with E-state index in [0.29, 0.717) is 16.3 Å². The smallest absolute Gasteiger partial charge is 0.305 e. The quantitative estimate of drug-likeness (QED) is 0.0400. The Kier molecular flexibility index (Phi) is 34.4. The van der Waals surface area contributed by atoms with E-state index in [4.69, 9.17) is 17.2 Å². The molecule has 1 unspecified atom stereocenters. The maximum atomic E-state index is 14.9. The number of primary amides is 1. The Balaban J connectivity index is 1.77. The van der Waals surface area contributed by atoms with E-state index in [-0.39, 0.29) is 95.7 Å². The van der Waals surface area contributed by atoms with Crippen LogP contribution in [-0.2, 0) is 80.0 Å². The van der Waals surface area contributed by atoms with Gasteiger partial charge in [-0.15, -0.1) is 0 Å². The predicted molar refractivity (Wildman–Crippen MR) is 365 cm³/mol. The van der Waals surface area contributed by atoms with E-state index in [1.54, 1.807) is 58.0 Å². The van der Waals surface area contributed by atoms with Gasteiger partial charge in [-0.05, 0) is 80.7 Å². The number of hydrogen-bond donors (Lipinski definition) is 17. The highest BCUT2D eigenvalue weighted by Crippen LogP contribution is 2.26. The number of rotatable bonds is 30. The number of carboxylic acids is 2. The van der Waals surface area contributed by atoms with Gasteiger partial charge < -0.3 is 90.9 Å². The Bertz CT molecular complexity index is 3140. The van der Waals surface area contributed by atoms with Crippen molar-refractivity contribution in [1.29, 1.82) is 0 Å². The zero-order valence-corrected chi connectivity index (χ0v) is 58.3. The zero-order chi connectivity index (χ0) is 73.6. The highest BCUT2D eigenvalue weighted by Gasteiger charge is 2.40. The largest absolute Gasteiger partial charge is 0.481 e. The number of aromatic amines is 1. The lowest BCUT2D eigenvalue weighted by atomic mass is 9.96. The Morgan fingerprint density at radius 1 is 0.677 bits per heavy atom. The van der Waals surface area contributed by atoms with Gasteiger partial charge in [-0.2, -0.15) is 0 Å². The van der Waals surface area contributed by atoms with Gasteiger partial charge in [0.25, 0.3) is 0 Å². The normalized spacial score (nSPS) is 23.0. The van der Waals surface area contributed by atoms with Gasteiger partial charge in [-0.1, -0.05) is 110 Å². The van der Waals surface area contributed by atoms with Crippen LogP contribution in [0.2, 0.25) is 0 Å². The molecule has 34 heteroatoms. The van der Waals surface area contributed by atoms with Crippen LogP contribution in [0, 0.1) is 23.7 Å². The van der Waals surface area contributed by atoms with Crippen molar-refractivity contribution in [2.24, 2.45) is 45.9 Å². The second-order valence-corrected chi connectivity index (χ2v) is 27.0. The molecule has 1 saturated heterocycles. The number of H-pyrrole nitrogens is 1. The molecule has 33 nitrogen and oxygen atoms in total. The number of carbonyl (C=O) groups excluding carboxylic acids is 12. The topological polar surface area (TPSA) is 531 Å². The Morgan fingerprint density at radius 3 is 1.87 bits per heavy atom. The van der Waals surface area contributed by atoms with Crippen molar-refractivity contribution in [3.05, 3.63) is 54.1 Å². The number of imidazole rings is 1. The minimum absolute atomic E-state index is 0.00158. The molecule has 0 aliphatic carbocycles. The molecule has 548 valence electrons. The molecule has 2 aliphatic heterocycles. The number of carbonyl (C=O) groups is 14. The van der Waals surface area contributed by atoms with Crippen LogP contribution in [-0.4, -0.2) is 199 Å². The second-order valence-electron chi connectivity index (χ2n) is 25.8. The maximum absolute atomic E-state index is 14.9. The first-order chi connectivity index (χ1) is 46.8. The monoisotopic (exact) mass is 1410 g/mol. The summed E-state index contributed by atoms with van der Waals surface area (Å²) in [5, 5.41) is 48.3. The first-order valence-corrected chi connectivity index (χ1v) is 34.4. The number of nitrogens with one attached hydrogen (secondary N) is 12. The van der Waals surface area contributed by atoms with Crippen molar-refractivity contribution >= 4 is 99.6 Å². The fraction of sp³-hybridized carbons (Fsp3) is 0.631. The van der Waals surface area contributed by atoms with Crippen molar-refractivity contribution < 1.29 is 77.3 Å². The molecule has 3 heterocycles. The maximum Gasteiger partial charge on any atom is 0.305 e. The highest BCUT2D eigenvalue weighted by molar-refractivity contribution is 8.15. The van der Waals surface area contributed by atoms with Gasteiger partial charge in [0.2, 0.25) is 70.9 Å². The molecule has 2 aromatic rings. The van der Waals surface area contributed by atoms with Gasteiger partial charge in [0.15, 0.2) is 0 Å². The van der Waals surface area contributed by atoms with Crippen LogP contribution in [0.4, 0.5) is 0 Å². The molecule has 99 heavy (non-hydrogen) atoms. The average Bonchev–Trinajstić information content (AvgIpc) is 1.82. The number of hydrogen-bond acceptors (Lipinski definition) is 19. The van der Waals surface area contributed by atoms with E-state index in [1.165, 1.54) is 24.3 Å². The third-order valence-electron chi connectivity index (χ3n) is 16.9. The molecular formula is C65H101N17O16S. The molecule has 14 atom stereocenters. The van der Waals surface area contributed by atoms with Gasteiger partial charge in [0, 0.05) is 37.7 Å². The van der Waals surface area contributed by atoms with E-state index < -0.39 is 192 Å². The van der Waals surface area contributed by atoms with Crippen LogP contribution in [0.15, 0.2) is 47.8 Å². The molecule has 1 aromatic carbocycles. The molecule has 20 N–H and O–H groups in total. The third-order valence-corrected chi connectivity index (χ3v) is 18.2. The van der Waals surface area contributed by atoms with Gasteiger partial charge in [-0.3, -0.25) is 72.1 Å². The molecular weight excluding hydrogens is 1310 g/mol. The summed E-state index contributed by atoms with van der Waals surface area (Å²) in [5.41, 5.74) is 18.6. The summed E-state index contributed by atoms with van der Waals surface area (Å²) < 4.78 is 0. The van der Waals surface area contributed by atoms with Crippen LogP contribution in [0.5, 0.6) is 0 Å². The Morgan fingerprint density at radius 2 is 1.28 bits per heavy atom. The SMILES string of the molecule is CC[C@@H](C)[C@H](NC(=O)[C@H](CCC(=O)O)NC(=O)[C@H](CC(C)C)NC(=O)C1CN=C([C@H](N)C(C)C)S1)C(=O)N[C@@H]1CCCCNC(=O)[C@H](CC(N)=O)NC(=O)[C@H](CC(=O)O)NC(=O)[C@H](Cc2cnc[nH]2)NC(=O)[C@H](Cc2ccccc2)NC(=O)[C@H]([C@H](C)CC)NC(=O)[C@@H](CCCN)NC1=O. The first kappa shape index (κ1) is 82.4. The highest BCUT2D eigenvalue weighted by atomic mass is 32.2. The summed E-state index contributed by atoms with van der Waals surface area (Å²) in [5.74, 6) is -15.7. The van der Waals surface area contributed by atoms with E-state index in [9.17, 15) is 77.3 Å². The number of carboxylic acid groups (broad SMARTS) is 2. The predicted octanol–water partition coefficient (Wildman–Crippen LogP) is -2.07.